The minimum Gasteiger partial charge on any atom is -0.492 e. The van der Waals surface area contributed by atoms with E-state index in [-0.39, 0.29) is 30.3 Å². The first kappa shape index (κ1) is 19.6. The molecule has 2 amide bonds. The van der Waals surface area contributed by atoms with Crippen molar-refractivity contribution in [2.45, 2.75) is 19.1 Å². The summed E-state index contributed by atoms with van der Waals surface area (Å²) in [5.41, 5.74) is 3.98. The van der Waals surface area contributed by atoms with Crippen LogP contribution in [0, 0.1) is 0 Å². The molecule has 11 heteroatoms. The van der Waals surface area contributed by atoms with Gasteiger partial charge < -0.3 is 15.7 Å². The van der Waals surface area contributed by atoms with Gasteiger partial charge in [0.25, 0.3) is 11.8 Å². The van der Waals surface area contributed by atoms with Gasteiger partial charge in [-0.15, -0.1) is 17.5 Å². The molecule has 0 radical (unpaired) electrons. The van der Waals surface area contributed by atoms with E-state index in [1.807, 2.05) is 0 Å². The average molecular weight is 391 g/mol. The molecule has 3 rings (SSSR count). The zero-order chi connectivity index (χ0) is 18.5. The van der Waals surface area contributed by atoms with Gasteiger partial charge in [0.05, 0.1) is 11.6 Å². The van der Waals surface area contributed by atoms with Crippen molar-refractivity contribution in [3.63, 3.8) is 0 Å². The van der Waals surface area contributed by atoms with Gasteiger partial charge in [0, 0.05) is 12.2 Å². The van der Waals surface area contributed by atoms with E-state index in [0.717, 1.165) is 12.1 Å². The summed E-state index contributed by atoms with van der Waals surface area (Å²) >= 11 is 0. The normalized spacial score (nSPS) is 16.8. The standard InChI is InChI=1S/C15H13F3N4O3.ClH/c1-7-6-21(9-4-2-8(3-5-9)15(16,17)18)14(25)11-10(12(19)23)13(24)20-22(7)11;/h2-5,7H,6H2,1H3,(H2,19,23)(H,20,24);1H. The Bertz CT molecular complexity index is 864. The van der Waals surface area contributed by atoms with Crippen molar-refractivity contribution in [2.24, 2.45) is 5.73 Å². The molecule has 0 fully saturated rings. The van der Waals surface area contributed by atoms with E-state index in [1.54, 1.807) is 6.92 Å². The highest BCUT2D eigenvalue weighted by atomic mass is 35.5. The number of carbonyl (C=O) groups excluding carboxylic acids is 2. The number of hydrogen-bond donors (Lipinski definition) is 2. The van der Waals surface area contributed by atoms with Gasteiger partial charge in [-0.05, 0) is 31.2 Å². The summed E-state index contributed by atoms with van der Waals surface area (Å²) in [6.45, 7) is 1.79. The van der Waals surface area contributed by atoms with Crippen molar-refractivity contribution >= 4 is 29.9 Å². The van der Waals surface area contributed by atoms with Crippen LogP contribution in [0.1, 0.15) is 39.4 Å². The predicted octanol–water partition coefficient (Wildman–Crippen LogP) is 2.35. The lowest BCUT2D eigenvalue weighted by molar-refractivity contribution is -0.137. The van der Waals surface area contributed by atoms with Crippen molar-refractivity contribution in [2.75, 3.05) is 11.4 Å². The molecule has 0 bridgehead atoms. The maximum atomic E-state index is 12.7. The second-order valence-electron chi connectivity index (χ2n) is 5.67. The number of aromatic nitrogens is 2. The monoisotopic (exact) mass is 390 g/mol. The lowest BCUT2D eigenvalue weighted by atomic mass is 10.1. The Labute approximate surface area is 151 Å². The number of anilines is 1. The van der Waals surface area contributed by atoms with Gasteiger partial charge in [0.15, 0.2) is 0 Å². The van der Waals surface area contributed by atoms with Crippen LogP contribution in [-0.2, 0) is 6.18 Å². The number of fused-ring (bicyclic) bond motifs is 1. The second-order valence-corrected chi connectivity index (χ2v) is 5.67. The molecule has 26 heavy (non-hydrogen) atoms. The molecule has 0 saturated carbocycles. The molecule has 2 heterocycles. The second kappa shape index (κ2) is 6.52. The fraction of sp³-hybridized carbons (Fsp3) is 0.267. The van der Waals surface area contributed by atoms with Gasteiger partial charge in [-0.1, -0.05) is 0 Å². The van der Waals surface area contributed by atoms with Crippen LogP contribution >= 0.6 is 12.4 Å². The average Bonchev–Trinajstić information content (AvgIpc) is 2.88. The molecule has 1 aliphatic rings. The number of hydrogen-bond acceptors (Lipinski definition) is 4. The third-order valence-corrected chi connectivity index (χ3v) is 3.96. The van der Waals surface area contributed by atoms with Gasteiger partial charge in [0.1, 0.15) is 11.3 Å². The summed E-state index contributed by atoms with van der Waals surface area (Å²) in [5, 5.41) is 13.5. The molecule has 7 nitrogen and oxygen atoms in total. The van der Waals surface area contributed by atoms with E-state index < -0.39 is 41.0 Å². The lowest BCUT2D eigenvalue weighted by Gasteiger charge is -2.32. The number of primary amides is 1. The Morgan fingerprint density at radius 1 is 1.31 bits per heavy atom. The number of aromatic hydroxyl groups is 1. The summed E-state index contributed by atoms with van der Waals surface area (Å²) in [4.78, 5) is 25.4. The first-order chi connectivity index (χ1) is 11.6. The van der Waals surface area contributed by atoms with Gasteiger partial charge in [-0.3, -0.25) is 14.3 Å². The Kier molecular flexibility index (Phi) is 4.91. The van der Waals surface area contributed by atoms with Crippen molar-refractivity contribution < 1.29 is 27.9 Å². The number of benzene rings is 1. The summed E-state index contributed by atoms with van der Waals surface area (Å²) in [5.74, 6) is -2.36. The topological polar surface area (TPSA) is 101 Å². The van der Waals surface area contributed by atoms with E-state index in [1.165, 1.54) is 21.7 Å². The predicted molar refractivity (Wildman–Crippen MR) is 87.5 cm³/mol. The van der Waals surface area contributed by atoms with Crippen LogP contribution in [0.2, 0.25) is 0 Å². The maximum Gasteiger partial charge on any atom is 0.416 e. The Morgan fingerprint density at radius 3 is 2.38 bits per heavy atom. The highest BCUT2D eigenvalue weighted by Gasteiger charge is 2.37. The van der Waals surface area contributed by atoms with E-state index in [4.69, 9.17) is 5.73 Å². The van der Waals surface area contributed by atoms with Gasteiger partial charge >= 0.3 is 6.18 Å². The SMILES string of the molecule is CC1CN(c2ccc(C(F)(F)F)cc2)C(=O)c2c(C(N)=O)c(O)nn21.Cl. The van der Waals surface area contributed by atoms with Gasteiger partial charge in [-0.2, -0.15) is 13.2 Å². The van der Waals surface area contributed by atoms with Crippen LogP contribution < -0.4 is 10.6 Å². The molecule has 0 saturated heterocycles. The van der Waals surface area contributed by atoms with Gasteiger partial charge in [-0.25, -0.2) is 0 Å². The van der Waals surface area contributed by atoms with Crippen LogP contribution in [-0.4, -0.2) is 33.2 Å². The first-order valence-electron chi connectivity index (χ1n) is 7.21. The number of nitrogens with two attached hydrogens (primary N) is 1. The van der Waals surface area contributed by atoms with E-state index in [9.17, 15) is 27.9 Å². The third kappa shape index (κ3) is 3.07. The van der Waals surface area contributed by atoms with Crippen LogP contribution in [0.25, 0.3) is 0 Å². The molecule has 0 spiro atoms. The van der Waals surface area contributed by atoms with E-state index in [0.29, 0.717) is 0 Å². The molecular formula is C15H14ClF3N4O3. The summed E-state index contributed by atoms with van der Waals surface area (Å²) < 4.78 is 39.2. The quantitative estimate of drug-likeness (QED) is 0.821. The molecule has 0 aliphatic carbocycles. The smallest absolute Gasteiger partial charge is 0.416 e. The van der Waals surface area contributed by atoms with Crippen LogP contribution in [0.3, 0.4) is 0 Å². The van der Waals surface area contributed by atoms with Crippen molar-refractivity contribution in [3.05, 3.63) is 41.1 Å². The molecule has 1 aromatic carbocycles. The molecule has 1 aromatic heterocycles. The number of carbonyl (C=O) groups is 2. The largest absolute Gasteiger partial charge is 0.492 e. The van der Waals surface area contributed by atoms with Gasteiger partial charge in [0.2, 0.25) is 5.88 Å². The maximum absolute atomic E-state index is 12.7. The Hall–Kier alpha value is -2.75. The zero-order valence-corrected chi connectivity index (χ0v) is 14.1. The molecule has 1 atom stereocenters. The van der Waals surface area contributed by atoms with Crippen LogP contribution in [0.15, 0.2) is 24.3 Å². The summed E-state index contributed by atoms with van der Waals surface area (Å²) in [6, 6.07) is 3.65. The summed E-state index contributed by atoms with van der Waals surface area (Å²) in [6.07, 6.45) is -4.48. The molecule has 2 aromatic rings. The van der Waals surface area contributed by atoms with Crippen LogP contribution in [0.5, 0.6) is 5.88 Å². The molecule has 140 valence electrons. The summed E-state index contributed by atoms with van der Waals surface area (Å²) in [7, 11) is 0. The minimum absolute atomic E-state index is 0. The van der Waals surface area contributed by atoms with E-state index in [2.05, 4.69) is 5.10 Å². The molecule has 1 unspecified atom stereocenters. The van der Waals surface area contributed by atoms with E-state index >= 15 is 0 Å². The highest BCUT2D eigenvalue weighted by Crippen LogP contribution is 2.34. The third-order valence-electron chi connectivity index (χ3n) is 3.96. The molecule has 1 aliphatic heterocycles. The lowest BCUT2D eigenvalue weighted by Crippen LogP contribution is -2.43. The highest BCUT2D eigenvalue weighted by molar-refractivity contribution is 6.13. The number of alkyl halides is 3. The minimum atomic E-state index is -4.48. The number of nitrogens with zero attached hydrogens (tertiary/aromatic N) is 3. The number of amides is 2. The fourth-order valence-corrected chi connectivity index (χ4v) is 2.78. The first-order valence-corrected chi connectivity index (χ1v) is 7.21. The van der Waals surface area contributed by atoms with Crippen molar-refractivity contribution in [1.82, 2.24) is 9.78 Å². The van der Waals surface area contributed by atoms with Crippen LogP contribution in [0.4, 0.5) is 18.9 Å². The fourth-order valence-electron chi connectivity index (χ4n) is 2.78. The molecular weight excluding hydrogens is 377 g/mol. The Balaban J connectivity index is 0.00000243. The number of rotatable bonds is 2. The Morgan fingerprint density at radius 2 is 1.88 bits per heavy atom. The number of halogens is 4. The van der Waals surface area contributed by atoms with Crippen molar-refractivity contribution in [3.8, 4) is 5.88 Å². The van der Waals surface area contributed by atoms with Crippen molar-refractivity contribution in [1.29, 1.82) is 0 Å². The zero-order valence-electron chi connectivity index (χ0n) is 13.3. The molecule has 3 N–H and O–H groups in total.